The van der Waals surface area contributed by atoms with Crippen LogP contribution in [0.3, 0.4) is 0 Å². The minimum Gasteiger partial charge on any atom is -0.317 e. The van der Waals surface area contributed by atoms with Gasteiger partial charge in [0.2, 0.25) is 0 Å². The summed E-state index contributed by atoms with van der Waals surface area (Å²) in [6.45, 7) is 0. The third-order valence-corrected chi connectivity index (χ3v) is 7.91. The number of hydrogen-bond acceptors (Lipinski definition) is 1. The van der Waals surface area contributed by atoms with Crippen LogP contribution in [0.1, 0.15) is 0 Å². The second-order valence-electron chi connectivity index (χ2n) is 10.3. The van der Waals surface area contributed by atoms with Crippen LogP contribution >= 0.6 is 0 Å². The number of benzene rings is 6. The third kappa shape index (κ3) is 3.90. The summed E-state index contributed by atoms with van der Waals surface area (Å²) in [6.07, 6.45) is 2.18. The van der Waals surface area contributed by atoms with Crippen molar-refractivity contribution in [2.24, 2.45) is 0 Å². The van der Waals surface area contributed by atoms with Crippen LogP contribution in [-0.2, 0) is 0 Å². The van der Waals surface area contributed by atoms with Gasteiger partial charge in [0.1, 0.15) is 0 Å². The molecule has 0 radical (unpaired) electrons. The van der Waals surface area contributed by atoms with Crippen LogP contribution in [0.25, 0.3) is 44.1 Å². The molecular weight excluding hydrogens is 498 g/mol. The second kappa shape index (κ2) is 9.58. The zero-order valence-corrected chi connectivity index (χ0v) is 22.4. The fourth-order valence-electron chi connectivity index (χ4n) is 6.04. The molecule has 0 unspecified atom stereocenters. The first kappa shape index (κ1) is 23.4. The van der Waals surface area contributed by atoms with Crippen LogP contribution in [0.2, 0.25) is 0 Å². The Labute approximate surface area is 238 Å². The number of para-hydroxylation sites is 4. The van der Waals surface area contributed by atoms with Gasteiger partial charge in [0.25, 0.3) is 0 Å². The standard InChI is InChI=1S/C38H27N3/c1-4-12-30(13-5-1)40(31-14-6-2-7-15-31)33-22-20-29(21-23-33)39-25-24-28-26-38-35(27-37(28)39)34-18-10-11-19-36(34)41(38)32-16-8-3-9-17-32/h1-27H. The molecule has 0 bridgehead atoms. The molecule has 0 saturated heterocycles. The van der Waals surface area contributed by atoms with E-state index >= 15 is 0 Å². The van der Waals surface area contributed by atoms with Crippen molar-refractivity contribution in [3.05, 3.63) is 164 Å². The van der Waals surface area contributed by atoms with Gasteiger partial charge in [-0.05, 0) is 84.9 Å². The van der Waals surface area contributed by atoms with Gasteiger partial charge in [0.15, 0.2) is 0 Å². The molecule has 41 heavy (non-hydrogen) atoms. The molecule has 6 aromatic carbocycles. The topological polar surface area (TPSA) is 13.1 Å². The number of hydrogen-bond donors (Lipinski definition) is 0. The predicted molar refractivity (Wildman–Crippen MR) is 172 cm³/mol. The first-order valence-corrected chi connectivity index (χ1v) is 14.0. The summed E-state index contributed by atoms with van der Waals surface area (Å²) in [7, 11) is 0. The Kier molecular flexibility index (Phi) is 5.46. The van der Waals surface area contributed by atoms with Gasteiger partial charge in [-0.15, -0.1) is 0 Å². The van der Waals surface area contributed by atoms with Crippen LogP contribution in [-0.4, -0.2) is 9.13 Å². The molecule has 0 amide bonds. The SMILES string of the molecule is c1ccc(N(c2ccccc2)c2ccc(-n3ccc4cc5c(cc43)c3ccccc3n5-c3ccccc3)cc2)cc1. The number of aromatic nitrogens is 2. The molecule has 0 aliphatic carbocycles. The van der Waals surface area contributed by atoms with Gasteiger partial charge in [-0.25, -0.2) is 0 Å². The summed E-state index contributed by atoms with van der Waals surface area (Å²) in [5, 5.41) is 3.74. The van der Waals surface area contributed by atoms with E-state index in [2.05, 4.69) is 178 Å². The zero-order chi connectivity index (χ0) is 27.2. The highest BCUT2D eigenvalue weighted by Gasteiger charge is 2.16. The molecule has 0 saturated carbocycles. The lowest BCUT2D eigenvalue weighted by molar-refractivity contribution is 1.13. The third-order valence-electron chi connectivity index (χ3n) is 7.91. The van der Waals surface area contributed by atoms with Gasteiger partial charge in [0.05, 0.1) is 16.6 Å². The summed E-state index contributed by atoms with van der Waals surface area (Å²) < 4.78 is 4.67. The number of fused-ring (bicyclic) bond motifs is 4. The minimum atomic E-state index is 1.12. The molecular formula is C38H27N3. The molecule has 0 aliphatic heterocycles. The van der Waals surface area contributed by atoms with Gasteiger partial charge in [-0.3, -0.25) is 0 Å². The minimum absolute atomic E-state index is 1.12. The fourth-order valence-corrected chi connectivity index (χ4v) is 6.04. The number of nitrogens with zero attached hydrogens (tertiary/aromatic N) is 3. The Balaban J connectivity index is 1.26. The molecule has 194 valence electrons. The van der Waals surface area contributed by atoms with Crippen molar-refractivity contribution in [2.75, 3.05) is 4.90 Å². The Hall–Kier alpha value is -5.54. The van der Waals surface area contributed by atoms with Crippen molar-refractivity contribution in [1.82, 2.24) is 9.13 Å². The van der Waals surface area contributed by atoms with Crippen molar-refractivity contribution < 1.29 is 0 Å². The van der Waals surface area contributed by atoms with Crippen molar-refractivity contribution in [3.63, 3.8) is 0 Å². The molecule has 0 aliphatic rings. The largest absolute Gasteiger partial charge is 0.317 e. The average molecular weight is 526 g/mol. The van der Waals surface area contributed by atoms with Gasteiger partial charge in [-0.1, -0.05) is 72.8 Å². The van der Waals surface area contributed by atoms with E-state index < -0.39 is 0 Å². The van der Waals surface area contributed by atoms with Crippen molar-refractivity contribution in [1.29, 1.82) is 0 Å². The maximum absolute atomic E-state index is 2.37. The highest BCUT2D eigenvalue weighted by molar-refractivity contribution is 6.13. The highest BCUT2D eigenvalue weighted by atomic mass is 15.1. The van der Waals surface area contributed by atoms with Crippen LogP contribution in [0.4, 0.5) is 17.1 Å². The first-order valence-electron chi connectivity index (χ1n) is 14.0. The van der Waals surface area contributed by atoms with E-state index in [-0.39, 0.29) is 0 Å². The quantitative estimate of drug-likeness (QED) is 0.218. The first-order chi connectivity index (χ1) is 20.3. The average Bonchev–Trinajstić information content (AvgIpc) is 3.60. The van der Waals surface area contributed by atoms with Gasteiger partial charge in [-0.2, -0.15) is 0 Å². The maximum atomic E-state index is 2.37. The maximum Gasteiger partial charge on any atom is 0.0548 e. The Morgan fingerprint density at radius 1 is 0.390 bits per heavy atom. The Morgan fingerprint density at radius 2 is 0.976 bits per heavy atom. The lowest BCUT2D eigenvalue weighted by Gasteiger charge is -2.25. The smallest absolute Gasteiger partial charge is 0.0548 e. The summed E-state index contributed by atoms with van der Waals surface area (Å²) in [5.41, 5.74) is 9.34. The Morgan fingerprint density at radius 3 is 1.66 bits per heavy atom. The zero-order valence-electron chi connectivity index (χ0n) is 22.4. The summed E-state index contributed by atoms with van der Waals surface area (Å²) in [6, 6.07) is 56.1. The molecule has 2 aromatic heterocycles. The van der Waals surface area contributed by atoms with Gasteiger partial charge >= 0.3 is 0 Å². The van der Waals surface area contributed by atoms with Crippen molar-refractivity contribution >= 4 is 49.8 Å². The van der Waals surface area contributed by atoms with Crippen molar-refractivity contribution in [3.8, 4) is 11.4 Å². The van der Waals surface area contributed by atoms with E-state index in [1.807, 2.05) is 0 Å². The number of anilines is 3. The molecule has 0 spiro atoms. The number of rotatable bonds is 5. The highest BCUT2D eigenvalue weighted by Crippen LogP contribution is 2.37. The monoisotopic (exact) mass is 525 g/mol. The van der Waals surface area contributed by atoms with E-state index in [4.69, 9.17) is 0 Å². The molecule has 8 rings (SSSR count). The predicted octanol–water partition coefficient (Wildman–Crippen LogP) is 10.2. The summed E-state index contributed by atoms with van der Waals surface area (Å²) in [4.78, 5) is 2.29. The molecule has 8 aromatic rings. The van der Waals surface area contributed by atoms with E-state index in [0.717, 1.165) is 22.7 Å². The molecule has 2 heterocycles. The summed E-state index contributed by atoms with van der Waals surface area (Å²) >= 11 is 0. The fraction of sp³-hybridized carbons (Fsp3) is 0. The van der Waals surface area contributed by atoms with Crippen LogP contribution < -0.4 is 4.90 Å². The van der Waals surface area contributed by atoms with E-state index in [0.29, 0.717) is 0 Å². The second-order valence-corrected chi connectivity index (χ2v) is 10.3. The lowest BCUT2D eigenvalue weighted by Crippen LogP contribution is -2.09. The molecule has 3 heteroatoms. The van der Waals surface area contributed by atoms with Crippen molar-refractivity contribution in [2.45, 2.75) is 0 Å². The van der Waals surface area contributed by atoms with Crippen LogP contribution in [0, 0.1) is 0 Å². The van der Waals surface area contributed by atoms with E-state index in [1.54, 1.807) is 0 Å². The van der Waals surface area contributed by atoms with Gasteiger partial charge in [0, 0.05) is 50.8 Å². The van der Waals surface area contributed by atoms with Gasteiger partial charge < -0.3 is 14.0 Å². The molecule has 3 nitrogen and oxygen atoms in total. The summed E-state index contributed by atoms with van der Waals surface area (Å²) in [5.74, 6) is 0. The van der Waals surface area contributed by atoms with E-state index in [1.165, 1.54) is 38.4 Å². The lowest BCUT2D eigenvalue weighted by atomic mass is 10.1. The normalized spacial score (nSPS) is 11.4. The molecule has 0 N–H and O–H groups in total. The van der Waals surface area contributed by atoms with E-state index in [9.17, 15) is 0 Å². The van der Waals surface area contributed by atoms with Crippen LogP contribution in [0.5, 0.6) is 0 Å². The molecule has 0 atom stereocenters. The Bertz CT molecular complexity index is 2080. The van der Waals surface area contributed by atoms with Crippen LogP contribution in [0.15, 0.2) is 164 Å². The molecule has 0 fully saturated rings.